The number of aromatic amines is 1. The van der Waals surface area contributed by atoms with Crippen LogP contribution < -0.4 is 5.32 Å². The summed E-state index contributed by atoms with van der Waals surface area (Å²) < 4.78 is 40.3. The van der Waals surface area contributed by atoms with Crippen LogP contribution in [0.1, 0.15) is 11.6 Å². The molecule has 1 aromatic carbocycles. The molecule has 0 aliphatic rings. The summed E-state index contributed by atoms with van der Waals surface area (Å²) in [6, 6.07) is 7.09. The summed E-state index contributed by atoms with van der Waals surface area (Å²) in [6.07, 6.45) is -4.53. The summed E-state index contributed by atoms with van der Waals surface area (Å²) in [4.78, 5) is 0.883. The van der Waals surface area contributed by atoms with Crippen LogP contribution in [0.3, 0.4) is 0 Å². The maximum Gasteiger partial charge on any atom is 0.412 e. The van der Waals surface area contributed by atoms with Gasteiger partial charge in [0.15, 0.2) is 0 Å². The molecule has 0 fully saturated rings. The van der Waals surface area contributed by atoms with Gasteiger partial charge in [-0.05, 0) is 29.1 Å². The molecule has 0 aliphatic carbocycles. The van der Waals surface area contributed by atoms with E-state index in [1.807, 2.05) is 17.5 Å². The standard InChI is InChI=1S/C15H10Cl2F3N3S/c16-9-4-3-8(6-10(9)17)14(15(18,19)20)21-13-7-11(22-23-13)12-2-1-5-24-12/h1-7,14H,(H2,21,22,23). The second-order valence-corrected chi connectivity index (χ2v) is 6.70. The Labute approximate surface area is 149 Å². The van der Waals surface area contributed by atoms with E-state index in [0.717, 1.165) is 4.88 Å². The highest BCUT2D eigenvalue weighted by Gasteiger charge is 2.41. The molecule has 3 aromatic rings. The molecule has 1 atom stereocenters. The van der Waals surface area contributed by atoms with Crippen molar-refractivity contribution in [2.24, 2.45) is 0 Å². The average molecular weight is 392 g/mol. The number of hydrogen-bond donors (Lipinski definition) is 2. The molecule has 0 spiro atoms. The zero-order valence-corrected chi connectivity index (χ0v) is 14.2. The van der Waals surface area contributed by atoms with Crippen LogP contribution in [0.15, 0.2) is 41.8 Å². The topological polar surface area (TPSA) is 40.7 Å². The fraction of sp³-hybridized carbons (Fsp3) is 0.133. The van der Waals surface area contributed by atoms with Crippen LogP contribution >= 0.6 is 34.5 Å². The lowest BCUT2D eigenvalue weighted by molar-refractivity contribution is -0.144. The van der Waals surface area contributed by atoms with E-state index in [9.17, 15) is 13.2 Å². The van der Waals surface area contributed by atoms with Gasteiger partial charge in [0, 0.05) is 6.07 Å². The summed E-state index contributed by atoms with van der Waals surface area (Å²) in [6.45, 7) is 0. The molecule has 2 heterocycles. The first-order valence-electron chi connectivity index (χ1n) is 6.72. The molecule has 2 aromatic heterocycles. The molecule has 0 aliphatic heterocycles. The third kappa shape index (κ3) is 3.68. The average Bonchev–Trinajstić information content (AvgIpc) is 3.17. The highest BCUT2D eigenvalue weighted by Crippen LogP contribution is 2.38. The van der Waals surface area contributed by atoms with Crippen LogP contribution in [0, 0.1) is 0 Å². The van der Waals surface area contributed by atoms with Crippen molar-refractivity contribution in [1.82, 2.24) is 10.2 Å². The zero-order valence-electron chi connectivity index (χ0n) is 11.9. The van der Waals surface area contributed by atoms with E-state index in [1.165, 1.54) is 35.6 Å². The molecule has 0 saturated heterocycles. The Morgan fingerprint density at radius 3 is 2.54 bits per heavy atom. The SMILES string of the molecule is FC(F)(F)C(Nc1cc(-c2cccs2)[nH]n1)c1ccc(Cl)c(Cl)c1. The molecule has 24 heavy (non-hydrogen) atoms. The highest BCUT2D eigenvalue weighted by atomic mass is 35.5. The Hall–Kier alpha value is -1.70. The van der Waals surface area contributed by atoms with Crippen molar-refractivity contribution in [1.29, 1.82) is 0 Å². The van der Waals surface area contributed by atoms with E-state index in [2.05, 4.69) is 15.5 Å². The molecule has 2 N–H and O–H groups in total. The number of aromatic nitrogens is 2. The van der Waals surface area contributed by atoms with E-state index in [-0.39, 0.29) is 21.4 Å². The second kappa shape index (κ2) is 6.66. The lowest BCUT2D eigenvalue weighted by Gasteiger charge is -2.22. The first kappa shape index (κ1) is 17.1. The van der Waals surface area contributed by atoms with Gasteiger partial charge in [-0.1, -0.05) is 35.3 Å². The van der Waals surface area contributed by atoms with Gasteiger partial charge >= 0.3 is 6.18 Å². The maximum atomic E-state index is 13.4. The predicted octanol–water partition coefficient (Wildman–Crippen LogP) is 6.16. The van der Waals surface area contributed by atoms with E-state index < -0.39 is 12.2 Å². The summed E-state index contributed by atoms with van der Waals surface area (Å²) in [5.74, 6) is 0.0896. The van der Waals surface area contributed by atoms with Gasteiger partial charge in [0.2, 0.25) is 0 Å². The molecular weight excluding hydrogens is 382 g/mol. The minimum Gasteiger partial charge on any atom is -0.354 e. The molecule has 0 radical (unpaired) electrons. The van der Waals surface area contributed by atoms with Crippen LogP contribution in [-0.4, -0.2) is 16.4 Å². The van der Waals surface area contributed by atoms with Crippen molar-refractivity contribution in [3.8, 4) is 10.6 Å². The van der Waals surface area contributed by atoms with E-state index in [0.29, 0.717) is 5.69 Å². The number of nitrogens with zero attached hydrogens (tertiary/aromatic N) is 1. The lowest BCUT2D eigenvalue weighted by Crippen LogP contribution is -2.28. The van der Waals surface area contributed by atoms with Crippen LogP contribution in [0.25, 0.3) is 10.6 Å². The maximum absolute atomic E-state index is 13.4. The first-order valence-corrected chi connectivity index (χ1v) is 8.35. The van der Waals surface area contributed by atoms with Crippen molar-refractivity contribution in [3.05, 3.63) is 57.4 Å². The van der Waals surface area contributed by atoms with Crippen molar-refractivity contribution >= 4 is 40.4 Å². The third-order valence-electron chi connectivity index (χ3n) is 3.26. The van der Waals surface area contributed by atoms with Gasteiger partial charge in [0.05, 0.1) is 20.6 Å². The number of anilines is 1. The normalized spacial score (nSPS) is 13.0. The largest absolute Gasteiger partial charge is 0.412 e. The molecule has 0 amide bonds. The van der Waals surface area contributed by atoms with Crippen LogP contribution in [-0.2, 0) is 0 Å². The number of thiophene rings is 1. The number of rotatable bonds is 4. The summed E-state index contributed by atoms with van der Waals surface area (Å²) in [5.41, 5.74) is 0.597. The third-order valence-corrected chi connectivity index (χ3v) is 4.90. The predicted molar refractivity (Wildman–Crippen MR) is 90.8 cm³/mol. The van der Waals surface area contributed by atoms with E-state index >= 15 is 0 Å². The van der Waals surface area contributed by atoms with Crippen LogP contribution in [0.4, 0.5) is 19.0 Å². The Kier molecular flexibility index (Phi) is 4.76. The van der Waals surface area contributed by atoms with Crippen LogP contribution in [0.5, 0.6) is 0 Å². The summed E-state index contributed by atoms with van der Waals surface area (Å²) in [5, 5.41) is 11.2. The number of nitrogens with one attached hydrogen (secondary N) is 2. The van der Waals surface area contributed by atoms with Gasteiger partial charge in [0.1, 0.15) is 11.9 Å². The van der Waals surface area contributed by atoms with Crippen LogP contribution in [0.2, 0.25) is 10.0 Å². The number of hydrogen-bond acceptors (Lipinski definition) is 3. The summed E-state index contributed by atoms with van der Waals surface area (Å²) >= 11 is 13.1. The Morgan fingerprint density at radius 2 is 1.92 bits per heavy atom. The Bertz CT molecular complexity index is 831. The summed E-state index contributed by atoms with van der Waals surface area (Å²) in [7, 11) is 0. The minimum atomic E-state index is -4.53. The highest BCUT2D eigenvalue weighted by molar-refractivity contribution is 7.13. The fourth-order valence-electron chi connectivity index (χ4n) is 2.15. The second-order valence-electron chi connectivity index (χ2n) is 4.94. The first-order chi connectivity index (χ1) is 11.3. The molecule has 0 bridgehead atoms. The number of benzene rings is 1. The number of alkyl halides is 3. The molecule has 126 valence electrons. The quantitative estimate of drug-likeness (QED) is 0.558. The number of halogens is 5. The van der Waals surface area contributed by atoms with Gasteiger partial charge in [0.25, 0.3) is 0 Å². The number of H-pyrrole nitrogens is 1. The van der Waals surface area contributed by atoms with Gasteiger partial charge in [-0.2, -0.15) is 18.3 Å². The minimum absolute atomic E-state index is 0.0439. The zero-order chi connectivity index (χ0) is 17.3. The molecule has 3 nitrogen and oxygen atoms in total. The lowest BCUT2D eigenvalue weighted by atomic mass is 10.1. The molecule has 3 rings (SSSR count). The Morgan fingerprint density at radius 1 is 1.12 bits per heavy atom. The van der Waals surface area contributed by atoms with E-state index in [4.69, 9.17) is 23.2 Å². The molecule has 0 saturated carbocycles. The molecule has 1 unspecified atom stereocenters. The Balaban J connectivity index is 1.89. The van der Waals surface area contributed by atoms with Crippen molar-refractivity contribution < 1.29 is 13.2 Å². The van der Waals surface area contributed by atoms with Crippen molar-refractivity contribution in [2.45, 2.75) is 12.2 Å². The van der Waals surface area contributed by atoms with E-state index in [1.54, 1.807) is 0 Å². The van der Waals surface area contributed by atoms with Crippen molar-refractivity contribution in [2.75, 3.05) is 5.32 Å². The van der Waals surface area contributed by atoms with Gasteiger partial charge in [-0.15, -0.1) is 11.3 Å². The molecular formula is C15H10Cl2F3N3S. The monoisotopic (exact) mass is 391 g/mol. The smallest absolute Gasteiger partial charge is 0.354 e. The van der Waals surface area contributed by atoms with Crippen molar-refractivity contribution in [3.63, 3.8) is 0 Å². The van der Waals surface area contributed by atoms with Gasteiger partial charge in [-0.3, -0.25) is 5.10 Å². The molecule has 9 heteroatoms. The van der Waals surface area contributed by atoms with Gasteiger partial charge in [-0.25, -0.2) is 0 Å². The fourth-order valence-corrected chi connectivity index (χ4v) is 3.15. The van der Waals surface area contributed by atoms with Gasteiger partial charge < -0.3 is 5.32 Å².